The van der Waals surface area contributed by atoms with Crippen molar-refractivity contribution in [3.8, 4) is 0 Å². The lowest BCUT2D eigenvalue weighted by Crippen LogP contribution is -2.38. The van der Waals surface area contributed by atoms with Crippen LogP contribution in [0, 0.1) is 5.92 Å². The average Bonchev–Trinajstić information content (AvgIpc) is 2.16. The van der Waals surface area contributed by atoms with Gasteiger partial charge >= 0.3 is 5.97 Å². The predicted octanol–water partition coefficient (Wildman–Crippen LogP) is -0.102. The van der Waals surface area contributed by atoms with Crippen LogP contribution in [0.25, 0.3) is 0 Å². The van der Waals surface area contributed by atoms with Gasteiger partial charge in [0.15, 0.2) is 0 Å². The van der Waals surface area contributed by atoms with Crippen molar-refractivity contribution < 1.29 is 14.7 Å². The van der Waals surface area contributed by atoms with Crippen LogP contribution >= 0.6 is 0 Å². The number of carboxylic acid groups (broad SMARTS) is 1. The van der Waals surface area contributed by atoms with Crippen LogP contribution in [0.4, 0.5) is 0 Å². The summed E-state index contributed by atoms with van der Waals surface area (Å²) < 4.78 is 0. The van der Waals surface area contributed by atoms with Gasteiger partial charge in [-0.05, 0) is 6.08 Å². The Morgan fingerprint density at radius 3 is 2.85 bits per heavy atom. The van der Waals surface area contributed by atoms with Crippen LogP contribution in [-0.4, -0.2) is 23.1 Å². The molecule has 0 aromatic carbocycles. The lowest BCUT2D eigenvalue weighted by atomic mass is 9.89. The molecule has 1 aliphatic rings. The zero-order chi connectivity index (χ0) is 9.84. The Morgan fingerprint density at radius 2 is 2.31 bits per heavy atom. The van der Waals surface area contributed by atoms with Crippen molar-refractivity contribution in [3.05, 3.63) is 29.9 Å². The first-order valence-electron chi connectivity index (χ1n) is 3.75. The molecule has 2 atom stereocenters. The molecule has 0 fully saturated rings. The number of carbonyl (C=O) groups is 1. The number of rotatable bonds is 2. The van der Waals surface area contributed by atoms with E-state index in [1.165, 1.54) is 6.08 Å². The summed E-state index contributed by atoms with van der Waals surface area (Å²) >= 11 is 0. The molecule has 0 spiro atoms. The molecule has 0 amide bonds. The smallest absolute Gasteiger partial charge is 0.321 e. The molecule has 0 heterocycles. The third-order valence-electron chi connectivity index (χ3n) is 1.85. The van der Waals surface area contributed by atoms with Crippen LogP contribution in [0.5, 0.6) is 0 Å². The zero-order valence-electron chi connectivity index (χ0n) is 6.81. The highest BCUT2D eigenvalue weighted by molar-refractivity contribution is 5.76. The van der Waals surface area contributed by atoms with E-state index in [-0.39, 0.29) is 5.57 Å². The molecule has 3 N–H and O–H groups in total. The Bertz CT molecular complexity index is 324. The maximum absolute atomic E-state index is 10.5. The summed E-state index contributed by atoms with van der Waals surface area (Å²) in [5.74, 6) is -0.0215. The molecular formula is C9H9NO3. The summed E-state index contributed by atoms with van der Waals surface area (Å²) in [6.45, 7) is 0. The molecular weight excluding hydrogens is 170 g/mol. The summed E-state index contributed by atoms with van der Waals surface area (Å²) in [4.78, 5) is 20.9. The zero-order valence-corrected chi connectivity index (χ0v) is 6.81. The quantitative estimate of drug-likeness (QED) is 0.580. The van der Waals surface area contributed by atoms with Crippen LogP contribution < -0.4 is 5.73 Å². The van der Waals surface area contributed by atoms with Crippen molar-refractivity contribution in [2.45, 2.75) is 6.04 Å². The second kappa shape index (κ2) is 3.85. The molecule has 1 aliphatic carbocycles. The van der Waals surface area contributed by atoms with Crippen LogP contribution in [-0.2, 0) is 9.59 Å². The minimum atomic E-state index is -1.13. The van der Waals surface area contributed by atoms with Crippen molar-refractivity contribution in [2.24, 2.45) is 11.7 Å². The fraction of sp³-hybridized carbons (Fsp3) is 0.222. The van der Waals surface area contributed by atoms with Crippen molar-refractivity contribution >= 4 is 11.9 Å². The highest BCUT2D eigenvalue weighted by atomic mass is 16.4. The maximum atomic E-state index is 10.5. The fourth-order valence-electron chi connectivity index (χ4n) is 1.13. The van der Waals surface area contributed by atoms with E-state index in [1.54, 1.807) is 24.2 Å². The Balaban J connectivity index is 2.92. The SMILES string of the molecule is NC(C(=O)O)C1C=CC=CC1=C=O. The molecule has 0 aromatic heterocycles. The average molecular weight is 179 g/mol. The van der Waals surface area contributed by atoms with E-state index in [9.17, 15) is 9.59 Å². The molecule has 4 nitrogen and oxygen atoms in total. The standard InChI is InChI=1S/C9H9NO3/c10-8(9(12)13)7-4-2-1-3-6(7)5-11/h1-4,7-8H,10H2,(H,12,13). The first-order chi connectivity index (χ1) is 6.16. The maximum Gasteiger partial charge on any atom is 0.321 e. The van der Waals surface area contributed by atoms with Gasteiger partial charge in [-0.15, -0.1) is 0 Å². The van der Waals surface area contributed by atoms with Gasteiger partial charge in [-0.2, -0.15) is 0 Å². The highest BCUT2D eigenvalue weighted by Crippen LogP contribution is 2.18. The van der Waals surface area contributed by atoms with Gasteiger partial charge in [-0.25, -0.2) is 4.79 Å². The van der Waals surface area contributed by atoms with Gasteiger partial charge in [0.25, 0.3) is 0 Å². The Morgan fingerprint density at radius 1 is 1.62 bits per heavy atom. The van der Waals surface area contributed by atoms with Gasteiger partial charge in [0.2, 0.25) is 0 Å². The number of hydrogen-bond acceptors (Lipinski definition) is 3. The second-order valence-electron chi connectivity index (χ2n) is 2.69. The molecule has 0 radical (unpaired) electrons. The van der Waals surface area contributed by atoms with Gasteiger partial charge < -0.3 is 10.8 Å². The molecule has 0 bridgehead atoms. The summed E-state index contributed by atoms with van der Waals surface area (Å²) in [6.07, 6.45) is 6.40. The number of allylic oxidation sites excluding steroid dienone is 3. The van der Waals surface area contributed by atoms with Crippen molar-refractivity contribution in [2.75, 3.05) is 0 Å². The minimum absolute atomic E-state index is 0.275. The summed E-state index contributed by atoms with van der Waals surface area (Å²) in [6, 6.07) is -1.09. The molecule has 0 aromatic rings. The first kappa shape index (κ1) is 9.45. The Hall–Kier alpha value is -1.64. The molecule has 0 aliphatic heterocycles. The molecule has 68 valence electrons. The summed E-state index contributed by atoms with van der Waals surface area (Å²) in [5.41, 5.74) is 5.65. The molecule has 4 heteroatoms. The van der Waals surface area contributed by atoms with Crippen LogP contribution in [0.3, 0.4) is 0 Å². The topological polar surface area (TPSA) is 80.4 Å². The van der Waals surface area contributed by atoms with Crippen LogP contribution in [0.1, 0.15) is 0 Å². The van der Waals surface area contributed by atoms with Gasteiger partial charge in [-0.1, -0.05) is 18.2 Å². The highest BCUT2D eigenvalue weighted by Gasteiger charge is 2.25. The normalized spacial score (nSPS) is 22.5. The van der Waals surface area contributed by atoms with Crippen molar-refractivity contribution in [3.63, 3.8) is 0 Å². The number of carbonyl (C=O) groups excluding carboxylic acids is 1. The third kappa shape index (κ3) is 1.93. The van der Waals surface area contributed by atoms with Crippen LogP contribution in [0.15, 0.2) is 29.9 Å². The van der Waals surface area contributed by atoms with Gasteiger partial charge in [0.1, 0.15) is 12.0 Å². The molecule has 13 heavy (non-hydrogen) atoms. The number of hydrogen-bond donors (Lipinski definition) is 2. The van der Waals surface area contributed by atoms with E-state index in [0.717, 1.165) is 0 Å². The van der Waals surface area contributed by atoms with Crippen molar-refractivity contribution in [1.82, 2.24) is 0 Å². The van der Waals surface area contributed by atoms with E-state index in [1.807, 2.05) is 0 Å². The fourth-order valence-corrected chi connectivity index (χ4v) is 1.13. The Kier molecular flexibility index (Phi) is 2.80. The van der Waals surface area contributed by atoms with E-state index < -0.39 is 17.9 Å². The lowest BCUT2D eigenvalue weighted by Gasteiger charge is -2.17. The van der Waals surface area contributed by atoms with Gasteiger partial charge in [0, 0.05) is 11.5 Å². The van der Waals surface area contributed by atoms with Gasteiger partial charge in [0.05, 0.1) is 0 Å². The number of aliphatic carboxylic acids is 1. The first-order valence-corrected chi connectivity index (χ1v) is 3.75. The minimum Gasteiger partial charge on any atom is -0.480 e. The number of nitrogens with two attached hydrogens (primary N) is 1. The van der Waals surface area contributed by atoms with E-state index in [0.29, 0.717) is 0 Å². The predicted molar refractivity (Wildman–Crippen MR) is 46.6 cm³/mol. The van der Waals surface area contributed by atoms with E-state index in [2.05, 4.69) is 0 Å². The molecule has 2 unspecified atom stereocenters. The third-order valence-corrected chi connectivity index (χ3v) is 1.85. The van der Waals surface area contributed by atoms with E-state index in [4.69, 9.17) is 10.8 Å². The molecule has 0 saturated carbocycles. The van der Waals surface area contributed by atoms with E-state index >= 15 is 0 Å². The Labute approximate surface area is 75.0 Å². The van der Waals surface area contributed by atoms with Crippen LogP contribution in [0.2, 0.25) is 0 Å². The summed E-state index contributed by atoms with van der Waals surface area (Å²) in [7, 11) is 0. The largest absolute Gasteiger partial charge is 0.480 e. The number of carboxylic acids is 1. The van der Waals surface area contributed by atoms with Crippen molar-refractivity contribution in [1.29, 1.82) is 0 Å². The summed E-state index contributed by atoms with van der Waals surface area (Å²) in [5, 5.41) is 8.62. The molecule has 0 saturated heterocycles. The van der Waals surface area contributed by atoms with Gasteiger partial charge in [-0.3, -0.25) is 4.79 Å². The second-order valence-corrected chi connectivity index (χ2v) is 2.69. The molecule has 1 rings (SSSR count). The lowest BCUT2D eigenvalue weighted by molar-refractivity contribution is -0.139. The monoisotopic (exact) mass is 179 g/mol.